The molecule has 2 fully saturated rings. The molecule has 2 aliphatic heterocycles. The quantitative estimate of drug-likeness (QED) is 0.517. The molecule has 7 nitrogen and oxygen atoms in total. The molecule has 2 atom stereocenters. The molecule has 0 aromatic carbocycles. The summed E-state index contributed by atoms with van der Waals surface area (Å²) < 4.78 is 7.92. The van der Waals surface area contributed by atoms with Crippen molar-refractivity contribution >= 4 is 51.7 Å². The van der Waals surface area contributed by atoms with Gasteiger partial charge in [-0.2, -0.15) is 0 Å². The van der Waals surface area contributed by atoms with Crippen LogP contribution in [0.25, 0.3) is 11.7 Å². The summed E-state index contributed by atoms with van der Waals surface area (Å²) in [5.74, 6) is 0.407. The Balaban J connectivity index is 1.92. The predicted molar refractivity (Wildman–Crippen MR) is 129 cm³/mol. The second-order valence-electron chi connectivity index (χ2n) is 8.35. The first-order valence-corrected chi connectivity index (χ1v) is 11.6. The highest BCUT2D eigenvalue weighted by atomic mass is 32.2. The van der Waals surface area contributed by atoms with Crippen molar-refractivity contribution in [2.24, 2.45) is 0 Å². The summed E-state index contributed by atoms with van der Waals surface area (Å²) in [7, 11) is 0. The second-order valence-corrected chi connectivity index (χ2v) is 10.0. The average Bonchev–Trinajstić information content (AvgIpc) is 2.97. The van der Waals surface area contributed by atoms with Crippen LogP contribution in [0, 0.1) is 6.92 Å². The van der Waals surface area contributed by atoms with E-state index in [1.54, 1.807) is 21.6 Å². The number of amides is 1. The van der Waals surface area contributed by atoms with Crippen molar-refractivity contribution < 1.29 is 9.53 Å². The van der Waals surface area contributed by atoms with Crippen LogP contribution in [0.15, 0.2) is 28.0 Å². The number of anilines is 1. The summed E-state index contributed by atoms with van der Waals surface area (Å²) >= 11 is 6.63. The number of rotatable bonds is 3. The molecule has 2 saturated heterocycles. The van der Waals surface area contributed by atoms with Gasteiger partial charge in [-0.05, 0) is 52.3 Å². The van der Waals surface area contributed by atoms with E-state index in [0.717, 1.165) is 5.56 Å². The molecule has 4 rings (SSSR count). The molecule has 2 aliphatic rings. The lowest BCUT2D eigenvalue weighted by Crippen LogP contribution is -2.46. The smallest absolute Gasteiger partial charge is 0.267 e. The van der Waals surface area contributed by atoms with Crippen molar-refractivity contribution in [3.63, 3.8) is 0 Å². The van der Waals surface area contributed by atoms with Crippen LogP contribution in [0.2, 0.25) is 0 Å². The molecule has 4 heterocycles. The lowest BCUT2D eigenvalue weighted by Gasteiger charge is -2.36. The molecule has 0 unspecified atom stereocenters. The molecule has 0 spiro atoms. The van der Waals surface area contributed by atoms with Crippen LogP contribution in [-0.2, 0) is 9.53 Å². The zero-order valence-electron chi connectivity index (χ0n) is 18.3. The fourth-order valence-electron chi connectivity index (χ4n) is 4.07. The number of carbonyl (C=O) groups is 1. The van der Waals surface area contributed by atoms with E-state index >= 15 is 0 Å². The van der Waals surface area contributed by atoms with Gasteiger partial charge in [-0.3, -0.25) is 18.9 Å². The van der Waals surface area contributed by atoms with Crippen LogP contribution >= 0.6 is 24.0 Å². The highest BCUT2D eigenvalue weighted by molar-refractivity contribution is 8.26. The molecule has 0 bridgehead atoms. The average molecular weight is 459 g/mol. The fraction of sp³-hybridized carbons (Fsp3) is 0.455. The van der Waals surface area contributed by atoms with Crippen LogP contribution in [0.4, 0.5) is 5.82 Å². The highest BCUT2D eigenvalue weighted by Crippen LogP contribution is 2.35. The van der Waals surface area contributed by atoms with Gasteiger partial charge in [-0.1, -0.05) is 30.0 Å². The molecular formula is C22H26N4O3S2. The van der Waals surface area contributed by atoms with Gasteiger partial charge in [0.2, 0.25) is 0 Å². The Bertz CT molecular complexity index is 1150. The number of carbonyl (C=O) groups excluding carboxylic acids is 1. The minimum Gasteiger partial charge on any atom is -0.372 e. The van der Waals surface area contributed by atoms with Crippen LogP contribution in [0.3, 0.4) is 0 Å². The molecule has 0 saturated carbocycles. The highest BCUT2D eigenvalue weighted by Gasteiger charge is 2.35. The number of aryl methyl sites for hydroxylation is 1. The van der Waals surface area contributed by atoms with Gasteiger partial charge in [0.1, 0.15) is 15.8 Å². The van der Waals surface area contributed by atoms with Crippen molar-refractivity contribution in [1.29, 1.82) is 0 Å². The summed E-state index contributed by atoms with van der Waals surface area (Å²) in [4.78, 5) is 35.5. The van der Waals surface area contributed by atoms with Gasteiger partial charge < -0.3 is 9.64 Å². The minimum atomic E-state index is -0.203. The number of hydrogen-bond acceptors (Lipinski definition) is 7. The SMILES string of the molecule is Cc1cccn2c(=O)c(/C=C3/SC(=S)N(C(C)C)C3=O)c(N3C[C@@H](C)O[C@H](C)C3)nc12. The zero-order chi connectivity index (χ0) is 22.4. The summed E-state index contributed by atoms with van der Waals surface area (Å²) in [6, 6.07) is 3.72. The molecule has 9 heteroatoms. The Hall–Kier alpha value is -2.23. The third-order valence-corrected chi connectivity index (χ3v) is 6.73. The van der Waals surface area contributed by atoms with Crippen LogP contribution in [0.5, 0.6) is 0 Å². The molecule has 31 heavy (non-hydrogen) atoms. The van der Waals surface area contributed by atoms with E-state index in [-0.39, 0.29) is 29.7 Å². The number of fused-ring (bicyclic) bond motifs is 1. The van der Waals surface area contributed by atoms with Crippen molar-refractivity contribution in [3.05, 3.63) is 44.7 Å². The van der Waals surface area contributed by atoms with Crippen LogP contribution < -0.4 is 10.5 Å². The molecule has 0 N–H and O–H groups in total. The largest absolute Gasteiger partial charge is 0.372 e. The van der Waals surface area contributed by atoms with Gasteiger partial charge in [0.25, 0.3) is 11.5 Å². The topological polar surface area (TPSA) is 67.2 Å². The molecule has 1 amide bonds. The molecule has 0 radical (unpaired) electrons. The molecular weight excluding hydrogens is 432 g/mol. The first-order chi connectivity index (χ1) is 14.7. The van der Waals surface area contributed by atoms with Crippen molar-refractivity contribution in [1.82, 2.24) is 14.3 Å². The number of morpholine rings is 1. The van der Waals surface area contributed by atoms with Crippen molar-refractivity contribution in [3.8, 4) is 0 Å². The number of thiocarbonyl (C=S) groups is 1. The number of pyridine rings is 1. The third kappa shape index (κ3) is 4.02. The van der Waals surface area contributed by atoms with E-state index in [4.69, 9.17) is 21.9 Å². The number of thioether (sulfide) groups is 1. The third-order valence-electron chi connectivity index (χ3n) is 5.40. The lowest BCUT2D eigenvalue weighted by molar-refractivity contribution is -0.123. The number of aromatic nitrogens is 2. The first-order valence-electron chi connectivity index (χ1n) is 10.4. The zero-order valence-corrected chi connectivity index (χ0v) is 19.9. The maximum Gasteiger partial charge on any atom is 0.267 e. The number of hydrogen-bond donors (Lipinski definition) is 0. The minimum absolute atomic E-state index is 0.00729. The molecule has 164 valence electrons. The van der Waals surface area contributed by atoms with E-state index in [2.05, 4.69) is 4.90 Å². The van der Waals surface area contributed by atoms with E-state index in [9.17, 15) is 9.59 Å². The Morgan fingerprint density at radius 1 is 1.26 bits per heavy atom. The van der Waals surface area contributed by atoms with E-state index in [0.29, 0.717) is 39.3 Å². The van der Waals surface area contributed by atoms with Gasteiger partial charge in [0, 0.05) is 25.3 Å². The maximum atomic E-state index is 13.6. The van der Waals surface area contributed by atoms with E-state index in [1.807, 2.05) is 46.8 Å². The van der Waals surface area contributed by atoms with Gasteiger partial charge >= 0.3 is 0 Å². The Morgan fingerprint density at radius 2 is 1.94 bits per heavy atom. The summed E-state index contributed by atoms with van der Waals surface area (Å²) in [6.07, 6.45) is 3.38. The monoisotopic (exact) mass is 458 g/mol. The van der Waals surface area contributed by atoms with Crippen LogP contribution in [0.1, 0.15) is 38.8 Å². The van der Waals surface area contributed by atoms with Gasteiger partial charge in [-0.15, -0.1) is 0 Å². The lowest BCUT2D eigenvalue weighted by atomic mass is 10.1. The Labute approximate surface area is 191 Å². The first kappa shape index (κ1) is 22.0. The van der Waals surface area contributed by atoms with E-state index < -0.39 is 0 Å². The Morgan fingerprint density at radius 3 is 2.55 bits per heavy atom. The Kier molecular flexibility index (Phi) is 5.93. The van der Waals surface area contributed by atoms with Gasteiger partial charge in [0.05, 0.1) is 22.7 Å². The summed E-state index contributed by atoms with van der Waals surface area (Å²) in [5.41, 5.74) is 1.72. The predicted octanol–water partition coefficient (Wildman–Crippen LogP) is 3.23. The van der Waals surface area contributed by atoms with Gasteiger partial charge in [-0.25, -0.2) is 4.98 Å². The number of ether oxygens (including phenoxy) is 1. The molecule has 2 aromatic heterocycles. The molecule has 0 aliphatic carbocycles. The maximum absolute atomic E-state index is 13.6. The number of nitrogens with zero attached hydrogens (tertiary/aromatic N) is 4. The van der Waals surface area contributed by atoms with Crippen molar-refractivity contribution in [2.45, 2.75) is 52.9 Å². The summed E-state index contributed by atoms with van der Waals surface area (Å²) in [5, 5.41) is 0. The van der Waals surface area contributed by atoms with Gasteiger partial charge in [0.15, 0.2) is 0 Å². The summed E-state index contributed by atoms with van der Waals surface area (Å²) in [6.45, 7) is 11.0. The van der Waals surface area contributed by atoms with Crippen LogP contribution in [-0.4, -0.2) is 55.9 Å². The molecule has 2 aromatic rings. The van der Waals surface area contributed by atoms with E-state index in [1.165, 1.54) is 11.8 Å². The standard InChI is InChI=1S/C22H26N4O3S2/c1-12(2)26-21(28)17(31-22(26)30)9-16-19(24-10-14(4)29-15(5)11-24)23-18-13(3)7-6-8-25(18)20(16)27/h6-9,12,14-15H,10-11H2,1-5H3/b17-9+/t14-,15-/m1/s1. The second kappa shape index (κ2) is 8.37. The normalized spacial score (nSPS) is 23.6. The van der Waals surface area contributed by atoms with Crippen molar-refractivity contribution in [2.75, 3.05) is 18.0 Å². The fourth-order valence-corrected chi connectivity index (χ4v) is 5.58.